The molecular weight excluding hydrogens is 460 g/mol. The first-order valence-corrected chi connectivity index (χ1v) is 8.73. The summed E-state index contributed by atoms with van der Waals surface area (Å²) >= 11 is 10.6. The van der Waals surface area contributed by atoms with Gasteiger partial charge in [-0.25, -0.2) is 0 Å². The summed E-state index contributed by atoms with van der Waals surface area (Å²) in [5.41, 5.74) is 2.21. The van der Waals surface area contributed by atoms with Crippen LogP contribution in [0.15, 0.2) is 62.2 Å². The molecule has 106 valence electrons. The van der Waals surface area contributed by atoms with Gasteiger partial charge in [0.25, 0.3) is 0 Å². The van der Waals surface area contributed by atoms with Gasteiger partial charge in [-0.1, -0.05) is 40.2 Å². The highest BCUT2D eigenvalue weighted by molar-refractivity contribution is 9.11. The molecule has 2 nitrogen and oxygen atoms in total. The largest absolute Gasteiger partial charge is 0.379 e. The lowest BCUT2D eigenvalue weighted by Crippen LogP contribution is -2.02. The summed E-state index contributed by atoms with van der Waals surface area (Å²) in [6.07, 6.45) is 3.81. The van der Waals surface area contributed by atoms with Gasteiger partial charge in [0.15, 0.2) is 0 Å². The van der Waals surface area contributed by atoms with E-state index >= 15 is 0 Å². The second-order valence-electron chi connectivity index (χ2n) is 4.62. The quantitative estimate of drug-likeness (QED) is 0.497. The maximum Gasteiger partial charge on any atom is 0.0632 e. The van der Waals surface area contributed by atoms with Gasteiger partial charge in [-0.15, -0.1) is 0 Å². The van der Waals surface area contributed by atoms with Gasteiger partial charge in [0, 0.05) is 37.7 Å². The number of anilines is 1. The molecule has 0 radical (unpaired) electrons. The third-order valence-electron chi connectivity index (χ3n) is 3.21. The summed E-state index contributed by atoms with van der Waals surface area (Å²) in [6.45, 7) is 0.715. The molecule has 0 bridgehead atoms. The maximum absolute atomic E-state index is 4.31. The minimum atomic E-state index is 0.715. The predicted octanol–water partition coefficient (Wildman–Crippen LogP) is 6.13. The second kappa shape index (κ2) is 6.46. The fraction of sp³-hybridized carbons (Fsp3) is 0.0625. The highest BCUT2D eigenvalue weighted by Crippen LogP contribution is 2.34. The minimum absolute atomic E-state index is 0.715. The Morgan fingerprint density at radius 1 is 0.952 bits per heavy atom. The lowest BCUT2D eigenvalue weighted by atomic mass is 10.1. The predicted molar refractivity (Wildman–Crippen MR) is 98.6 cm³/mol. The summed E-state index contributed by atoms with van der Waals surface area (Å²) < 4.78 is 3.05. The molecule has 0 aliphatic carbocycles. The van der Waals surface area contributed by atoms with Crippen molar-refractivity contribution in [2.24, 2.45) is 0 Å². The molecule has 0 saturated carbocycles. The molecule has 0 amide bonds. The topological polar surface area (TPSA) is 24.9 Å². The SMILES string of the molecule is Brc1cc(Br)c(NCc2cncc3ccccc23)c(Br)c1. The molecule has 3 rings (SSSR count). The number of halogens is 3. The standard InChI is InChI=1S/C16H11Br3N2/c17-12-5-14(18)16(15(19)6-12)21-9-11-8-20-7-10-3-1-2-4-13(10)11/h1-8,21H,9H2. The Morgan fingerprint density at radius 2 is 1.67 bits per heavy atom. The number of aromatic nitrogens is 1. The minimum Gasteiger partial charge on any atom is -0.379 e. The Morgan fingerprint density at radius 3 is 2.43 bits per heavy atom. The Bertz CT molecular complexity index is 774. The first-order valence-electron chi connectivity index (χ1n) is 6.35. The molecule has 0 aliphatic heterocycles. The number of benzene rings is 2. The molecule has 0 aliphatic rings. The molecule has 0 unspecified atom stereocenters. The third-order valence-corrected chi connectivity index (χ3v) is 4.92. The van der Waals surface area contributed by atoms with E-state index in [4.69, 9.17) is 0 Å². The van der Waals surface area contributed by atoms with Crippen molar-refractivity contribution in [3.8, 4) is 0 Å². The first-order chi connectivity index (χ1) is 10.1. The Hall–Kier alpha value is -0.910. The van der Waals surface area contributed by atoms with E-state index in [-0.39, 0.29) is 0 Å². The van der Waals surface area contributed by atoms with Crippen molar-refractivity contribution in [2.45, 2.75) is 6.54 Å². The maximum atomic E-state index is 4.31. The molecule has 3 aromatic rings. The Kier molecular flexibility index (Phi) is 4.62. The van der Waals surface area contributed by atoms with Gasteiger partial charge in [-0.05, 0) is 54.9 Å². The number of fused-ring (bicyclic) bond motifs is 1. The zero-order chi connectivity index (χ0) is 14.8. The van der Waals surface area contributed by atoms with Gasteiger partial charge in [-0.2, -0.15) is 0 Å². The van der Waals surface area contributed by atoms with E-state index in [2.05, 4.69) is 76.3 Å². The number of pyridine rings is 1. The van der Waals surface area contributed by atoms with Crippen molar-refractivity contribution in [1.82, 2.24) is 4.98 Å². The van der Waals surface area contributed by atoms with E-state index in [9.17, 15) is 0 Å². The Balaban J connectivity index is 1.91. The van der Waals surface area contributed by atoms with Gasteiger partial charge in [0.2, 0.25) is 0 Å². The molecule has 5 heteroatoms. The van der Waals surface area contributed by atoms with Crippen LogP contribution in [0.4, 0.5) is 5.69 Å². The number of nitrogens with one attached hydrogen (secondary N) is 1. The van der Waals surface area contributed by atoms with Crippen LogP contribution in [0, 0.1) is 0 Å². The van der Waals surface area contributed by atoms with Gasteiger partial charge in [0.1, 0.15) is 0 Å². The van der Waals surface area contributed by atoms with E-state index in [1.165, 1.54) is 10.9 Å². The zero-order valence-electron chi connectivity index (χ0n) is 10.9. The average Bonchev–Trinajstić information content (AvgIpc) is 2.46. The van der Waals surface area contributed by atoms with Crippen LogP contribution >= 0.6 is 47.8 Å². The number of nitrogens with zero attached hydrogens (tertiary/aromatic N) is 1. The normalized spacial score (nSPS) is 10.8. The molecule has 2 aromatic carbocycles. The molecule has 1 N–H and O–H groups in total. The van der Waals surface area contributed by atoms with Crippen molar-refractivity contribution >= 4 is 64.2 Å². The number of hydrogen-bond acceptors (Lipinski definition) is 2. The van der Waals surface area contributed by atoms with Crippen molar-refractivity contribution < 1.29 is 0 Å². The summed E-state index contributed by atoms with van der Waals surface area (Å²) in [5.74, 6) is 0. The van der Waals surface area contributed by atoms with Crippen LogP contribution < -0.4 is 5.32 Å². The monoisotopic (exact) mass is 468 g/mol. The molecule has 1 heterocycles. The van der Waals surface area contributed by atoms with E-state index in [1.54, 1.807) is 0 Å². The molecular formula is C16H11Br3N2. The summed E-state index contributed by atoms with van der Waals surface area (Å²) in [4.78, 5) is 4.31. The van der Waals surface area contributed by atoms with Crippen molar-refractivity contribution in [3.05, 3.63) is 67.8 Å². The molecule has 0 fully saturated rings. The molecule has 21 heavy (non-hydrogen) atoms. The molecule has 0 spiro atoms. The molecule has 0 saturated heterocycles. The fourth-order valence-electron chi connectivity index (χ4n) is 2.21. The summed E-state index contributed by atoms with van der Waals surface area (Å²) in [6, 6.07) is 12.3. The lowest BCUT2D eigenvalue weighted by Gasteiger charge is -2.12. The van der Waals surface area contributed by atoms with Crippen LogP contribution in [-0.4, -0.2) is 4.98 Å². The fourth-order valence-corrected chi connectivity index (χ4v) is 4.75. The third kappa shape index (κ3) is 3.30. The average molecular weight is 471 g/mol. The van der Waals surface area contributed by atoms with Crippen LogP contribution in [-0.2, 0) is 6.54 Å². The smallest absolute Gasteiger partial charge is 0.0632 e. The van der Waals surface area contributed by atoms with Crippen LogP contribution in [0.1, 0.15) is 5.56 Å². The van der Waals surface area contributed by atoms with E-state index < -0.39 is 0 Å². The zero-order valence-corrected chi connectivity index (χ0v) is 15.7. The highest BCUT2D eigenvalue weighted by atomic mass is 79.9. The van der Waals surface area contributed by atoms with E-state index in [0.29, 0.717) is 6.54 Å². The van der Waals surface area contributed by atoms with Gasteiger partial charge >= 0.3 is 0 Å². The van der Waals surface area contributed by atoms with E-state index in [1.807, 2.05) is 30.6 Å². The Labute approximate surface area is 148 Å². The number of rotatable bonds is 3. The van der Waals surface area contributed by atoms with Gasteiger partial charge in [0.05, 0.1) is 5.69 Å². The summed E-state index contributed by atoms with van der Waals surface area (Å²) in [5, 5.41) is 5.85. The van der Waals surface area contributed by atoms with Gasteiger partial charge < -0.3 is 5.32 Å². The van der Waals surface area contributed by atoms with Crippen molar-refractivity contribution in [3.63, 3.8) is 0 Å². The van der Waals surface area contributed by atoms with Crippen molar-refractivity contribution in [2.75, 3.05) is 5.32 Å². The highest BCUT2D eigenvalue weighted by Gasteiger charge is 2.08. The number of hydrogen-bond donors (Lipinski definition) is 1. The van der Waals surface area contributed by atoms with Gasteiger partial charge in [-0.3, -0.25) is 4.98 Å². The summed E-state index contributed by atoms with van der Waals surface area (Å²) in [7, 11) is 0. The lowest BCUT2D eigenvalue weighted by molar-refractivity contribution is 1.13. The van der Waals surface area contributed by atoms with Crippen molar-refractivity contribution in [1.29, 1.82) is 0 Å². The van der Waals surface area contributed by atoms with Crippen LogP contribution in [0.3, 0.4) is 0 Å². The second-order valence-corrected chi connectivity index (χ2v) is 7.24. The first kappa shape index (κ1) is 15.0. The van der Waals surface area contributed by atoms with Crippen LogP contribution in [0.5, 0.6) is 0 Å². The molecule has 0 atom stereocenters. The van der Waals surface area contributed by atoms with Crippen LogP contribution in [0.2, 0.25) is 0 Å². The van der Waals surface area contributed by atoms with Crippen LogP contribution in [0.25, 0.3) is 10.8 Å². The molecule has 1 aromatic heterocycles. The van der Waals surface area contributed by atoms with E-state index in [0.717, 1.165) is 24.5 Å².